The number of nitrogens with one attached hydrogen (secondary N) is 3. The maximum absolute atomic E-state index is 11.9. The first-order valence-electron chi connectivity index (χ1n) is 7.89. The Morgan fingerprint density at radius 1 is 1.12 bits per heavy atom. The van der Waals surface area contributed by atoms with Crippen LogP contribution >= 0.6 is 12.2 Å². The Hall–Kier alpha value is -2.54. The van der Waals surface area contributed by atoms with Gasteiger partial charge in [0.05, 0.1) is 0 Å². The molecule has 0 aliphatic heterocycles. The molecule has 0 aliphatic rings. The molecule has 6 nitrogen and oxygen atoms in total. The number of carbonyl (C=O) groups is 1. The summed E-state index contributed by atoms with van der Waals surface area (Å²) in [5.41, 5.74) is 6.32. The predicted octanol–water partition coefficient (Wildman–Crippen LogP) is 2.89. The Labute approximate surface area is 152 Å². The van der Waals surface area contributed by atoms with Gasteiger partial charge in [0.25, 0.3) is 0 Å². The minimum absolute atomic E-state index is 0.103. The number of benzene rings is 1. The van der Waals surface area contributed by atoms with Crippen LogP contribution in [0.15, 0.2) is 40.8 Å². The number of furan rings is 1. The number of hydrogen-bond donors (Lipinski definition) is 3. The van der Waals surface area contributed by atoms with Crippen LogP contribution in [-0.2, 0) is 12.0 Å². The van der Waals surface area contributed by atoms with Crippen molar-refractivity contribution in [3.05, 3.63) is 53.5 Å². The van der Waals surface area contributed by atoms with Crippen molar-refractivity contribution in [2.75, 3.05) is 7.05 Å². The molecule has 0 saturated carbocycles. The van der Waals surface area contributed by atoms with Crippen molar-refractivity contribution in [3.63, 3.8) is 0 Å². The monoisotopic (exact) mass is 361 g/mol. The highest BCUT2D eigenvalue weighted by Gasteiger charge is 2.14. The fraction of sp³-hybridized carbons (Fsp3) is 0.333. The van der Waals surface area contributed by atoms with E-state index >= 15 is 0 Å². The summed E-state index contributed by atoms with van der Waals surface area (Å²) in [5.74, 6) is 1.06. The third-order valence-corrected chi connectivity index (χ3v) is 3.81. The zero-order valence-corrected chi connectivity index (χ0v) is 15.6. The van der Waals surface area contributed by atoms with E-state index in [1.807, 2.05) is 24.3 Å². The largest absolute Gasteiger partial charge is 0.486 e. The molecule has 0 unspecified atom stereocenters. The third kappa shape index (κ3) is 5.49. The second kappa shape index (κ2) is 8.02. The molecule has 0 fully saturated rings. The van der Waals surface area contributed by atoms with Crippen molar-refractivity contribution in [2.24, 2.45) is 0 Å². The van der Waals surface area contributed by atoms with Crippen molar-refractivity contribution in [2.45, 2.75) is 32.8 Å². The van der Waals surface area contributed by atoms with Gasteiger partial charge in [-0.15, -0.1) is 0 Å². The van der Waals surface area contributed by atoms with Crippen LogP contribution in [-0.4, -0.2) is 18.1 Å². The minimum Gasteiger partial charge on any atom is -0.486 e. The first kappa shape index (κ1) is 18.8. The van der Waals surface area contributed by atoms with Gasteiger partial charge in [-0.1, -0.05) is 32.9 Å². The van der Waals surface area contributed by atoms with Crippen molar-refractivity contribution in [1.29, 1.82) is 0 Å². The van der Waals surface area contributed by atoms with Crippen LogP contribution in [0.4, 0.5) is 0 Å². The fourth-order valence-corrected chi connectivity index (χ4v) is 2.07. The van der Waals surface area contributed by atoms with Crippen LogP contribution in [0.5, 0.6) is 5.75 Å². The van der Waals surface area contributed by atoms with Gasteiger partial charge in [0.1, 0.15) is 18.1 Å². The smallest absolute Gasteiger partial charge is 0.305 e. The van der Waals surface area contributed by atoms with E-state index in [1.54, 1.807) is 19.2 Å². The van der Waals surface area contributed by atoms with Crippen molar-refractivity contribution in [3.8, 4) is 5.75 Å². The van der Waals surface area contributed by atoms with Crippen molar-refractivity contribution < 1.29 is 13.9 Å². The second-order valence-corrected chi connectivity index (χ2v) is 6.90. The first-order valence-corrected chi connectivity index (χ1v) is 8.30. The topological polar surface area (TPSA) is 75.5 Å². The van der Waals surface area contributed by atoms with Crippen molar-refractivity contribution >= 4 is 23.2 Å². The second-order valence-electron chi connectivity index (χ2n) is 6.49. The molecule has 1 heterocycles. The SMILES string of the molecule is CNC(=S)NNC(=O)c1ccc(COc2ccc(C(C)(C)C)cc2)o1. The van der Waals surface area contributed by atoms with Crippen LogP contribution < -0.4 is 20.9 Å². The number of rotatable bonds is 4. The van der Waals surface area contributed by atoms with Gasteiger partial charge in [-0.25, -0.2) is 0 Å². The summed E-state index contributed by atoms with van der Waals surface area (Å²) in [7, 11) is 1.65. The Kier molecular flexibility index (Phi) is 6.03. The number of thiocarbonyl (C=S) groups is 1. The van der Waals surface area contributed by atoms with Crippen molar-refractivity contribution in [1.82, 2.24) is 16.2 Å². The molecular formula is C18H23N3O3S. The van der Waals surface area contributed by atoms with E-state index in [9.17, 15) is 4.79 Å². The lowest BCUT2D eigenvalue weighted by Gasteiger charge is -2.19. The van der Waals surface area contributed by atoms with Gasteiger partial charge in [0.2, 0.25) is 0 Å². The summed E-state index contributed by atoms with van der Waals surface area (Å²) in [6.07, 6.45) is 0. The van der Waals surface area contributed by atoms with Gasteiger partial charge in [-0.05, 0) is 47.5 Å². The minimum atomic E-state index is -0.418. The van der Waals surface area contributed by atoms with E-state index in [-0.39, 0.29) is 17.8 Å². The van der Waals surface area contributed by atoms with Gasteiger partial charge in [-0.2, -0.15) is 0 Å². The Bertz CT molecular complexity index is 733. The van der Waals surface area contributed by atoms with E-state index in [0.717, 1.165) is 5.75 Å². The molecule has 3 N–H and O–H groups in total. The van der Waals surface area contributed by atoms with Crippen LogP contribution in [0.25, 0.3) is 0 Å². The predicted molar refractivity (Wildman–Crippen MR) is 100 cm³/mol. The summed E-state index contributed by atoms with van der Waals surface area (Å²) in [6.45, 7) is 6.73. The maximum Gasteiger partial charge on any atom is 0.305 e. The third-order valence-electron chi connectivity index (χ3n) is 3.50. The standard InChI is InChI=1S/C18H23N3O3S/c1-18(2,3)12-5-7-13(8-6-12)23-11-14-9-10-15(24-14)16(22)20-21-17(25)19-4/h5-10H,11H2,1-4H3,(H,20,22)(H2,19,21,25). The molecule has 134 valence electrons. The van der Waals surface area contributed by atoms with Gasteiger partial charge >= 0.3 is 5.91 Å². The van der Waals surface area contributed by atoms with Gasteiger partial charge in [0.15, 0.2) is 10.9 Å². The van der Waals surface area contributed by atoms with Crippen LogP contribution in [0, 0.1) is 0 Å². The molecule has 0 atom stereocenters. The molecule has 0 bridgehead atoms. The molecule has 1 amide bonds. The molecule has 0 aliphatic carbocycles. The molecule has 7 heteroatoms. The Morgan fingerprint density at radius 3 is 2.40 bits per heavy atom. The summed E-state index contributed by atoms with van der Waals surface area (Å²) >= 11 is 4.87. The lowest BCUT2D eigenvalue weighted by atomic mass is 9.87. The summed E-state index contributed by atoms with van der Waals surface area (Å²) < 4.78 is 11.2. The quantitative estimate of drug-likeness (QED) is 0.574. The van der Waals surface area contributed by atoms with E-state index in [2.05, 4.69) is 36.9 Å². The summed E-state index contributed by atoms with van der Waals surface area (Å²) in [5, 5.41) is 2.99. The molecule has 0 radical (unpaired) electrons. The lowest BCUT2D eigenvalue weighted by Crippen LogP contribution is -2.45. The Morgan fingerprint density at radius 2 is 1.80 bits per heavy atom. The highest BCUT2D eigenvalue weighted by atomic mass is 32.1. The van der Waals surface area contributed by atoms with Gasteiger partial charge in [0, 0.05) is 7.05 Å². The average molecular weight is 361 g/mol. The number of amides is 1. The van der Waals surface area contributed by atoms with Gasteiger partial charge < -0.3 is 14.5 Å². The van der Waals surface area contributed by atoms with Gasteiger partial charge in [-0.3, -0.25) is 15.6 Å². The van der Waals surface area contributed by atoms with E-state index in [4.69, 9.17) is 21.4 Å². The zero-order chi connectivity index (χ0) is 18.4. The number of ether oxygens (including phenoxy) is 1. The van der Waals surface area contributed by atoms with Crippen LogP contribution in [0.2, 0.25) is 0 Å². The van der Waals surface area contributed by atoms with E-state index < -0.39 is 5.91 Å². The first-order chi connectivity index (χ1) is 11.8. The molecule has 25 heavy (non-hydrogen) atoms. The maximum atomic E-state index is 11.9. The van der Waals surface area contributed by atoms with E-state index in [0.29, 0.717) is 10.9 Å². The van der Waals surface area contributed by atoms with Crippen LogP contribution in [0.3, 0.4) is 0 Å². The zero-order valence-electron chi connectivity index (χ0n) is 14.8. The average Bonchev–Trinajstić information content (AvgIpc) is 3.06. The highest BCUT2D eigenvalue weighted by molar-refractivity contribution is 7.80. The summed E-state index contributed by atoms with van der Waals surface area (Å²) in [6, 6.07) is 11.2. The lowest BCUT2D eigenvalue weighted by molar-refractivity contribution is 0.0911. The number of hydrazine groups is 1. The highest BCUT2D eigenvalue weighted by Crippen LogP contribution is 2.24. The molecule has 0 saturated heterocycles. The number of carbonyl (C=O) groups excluding carboxylic acids is 1. The molecule has 2 aromatic rings. The molecule has 1 aromatic carbocycles. The number of hydrogen-bond acceptors (Lipinski definition) is 4. The Balaban J connectivity index is 1.89. The van der Waals surface area contributed by atoms with E-state index in [1.165, 1.54) is 5.56 Å². The normalized spacial score (nSPS) is 10.9. The van der Waals surface area contributed by atoms with Crippen LogP contribution in [0.1, 0.15) is 42.6 Å². The molecule has 0 spiro atoms. The molecule has 2 rings (SSSR count). The fourth-order valence-electron chi connectivity index (χ4n) is 2.02. The molecule has 1 aromatic heterocycles. The molecular weight excluding hydrogens is 338 g/mol. The summed E-state index contributed by atoms with van der Waals surface area (Å²) in [4.78, 5) is 11.9.